The standard InChI is InChI=1S/C18H23FN2O3/c1-12(10-17(22)21-15-7-5-14(19)6-8-15)20-11-18(3,23)16-9-4-13(2)24-16/h4-9,12,20,23H,10-11H2,1-3H3,(H,21,22). The van der Waals surface area contributed by atoms with Crippen molar-refractivity contribution in [1.82, 2.24) is 5.32 Å². The lowest BCUT2D eigenvalue weighted by molar-refractivity contribution is -0.116. The van der Waals surface area contributed by atoms with Crippen molar-refractivity contribution >= 4 is 11.6 Å². The fraction of sp³-hybridized carbons (Fsp3) is 0.389. The molecule has 0 saturated carbocycles. The molecule has 5 nitrogen and oxygen atoms in total. The van der Waals surface area contributed by atoms with E-state index in [-0.39, 0.29) is 30.7 Å². The van der Waals surface area contributed by atoms with Crippen LogP contribution in [0.15, 0.2) is 40.8 Å². The van der Waals surface area contributed by atoms with Gasteiger partial charge in [0, 0.05) is 24.7 Å². The number of anilines is 1. The number of carbonyl (C=O) groups excluding carboxylic acids is 1. The highest BCUT2D eigenvalue weighted by atomic mass is 19.1. The van der Waals surface area contributed by atoms with Crippen molar-refractivity contribution in [2.24, 2.45) is 0 Å². The van der Waals surface area contributed by atoms with Gasteiger partial charge in [-0.2, -0.15) is 0 Å². The van der Waals surface area contributed by atoms with Crippen LogP contribution < -0.4 is 10.6 Å². The summed E-state index contributed by atoms with van der Waals surface area (Å²) in [6.45, 7) is 5.58. The first-order valence-electron chi connectivity index (χ1n) is 7.84. The smallest absolute Gasteiger partial charge is 0.225 e. The van der Waals surface area contributed by atoms with Gasteiger partial charge in [-0.25, -0.2) is 4.39 Å². The predicted octanol–water partition coefficient (Wildman–Crippen LogP) is 2.94. The Morgan fingerprint density at radius 2 is 1.96 bits per heavy atom. The molecule has 0 fully saturated rings. The van der Waals surface area contributed by atoms with Gasteiger partial charge in [0.05, 0.1) is 0 Å². The Morgan fingerprint density at radius 1 is 1.29 bits per heavy atom. The molecule has 0 aliphatic rings. The van der Waals surface area contributed by atoms with Gasteiger partial charge in [-0.15, -0.1) is 0 Å². The molecular formula is C18H23FN2O3. The van der Waals surface area contributed by atoms with Gasteiger partial charge in [0.15, 0.2) is 0 Å². The van der Waals surface area contributed by atoms with Crippen LogP contribution in [0.2, 0.25) is 0 Å². The Labute approximate surface area is 140 Å². The normalized spacial score (nSPS) is 14.9. The molecule has 24 heavy (non-hydrogen) atoms. The highest BCUT2D eigenvalue weighted by Crippen LogP contribution is 2.22. The van der Waals surface area contributed by atoms with Crippen molar-refractivity contribution < 1.29 is 18.7 Å². The maximum Gasteiger partial charge on any atom is 0.225 e. The van der Waals surface area contributed by atoms with Crippen LogP contribution in [0.25, 0.3) is 0 Å². The number of nitrogens with one attached hydrogen (secondary N) is 2. The van der Waals surface area contributed by atoms with Gasteiger partial charge in [0.2, 0.25) is 5.91 Å². The van der Waals surface area contributed by atoms with Gasteiger partial charge in [-0.3, -0.25) is 4.79 Å². The third kappa shape index (κ3) is 5.18. The topological polar surface area (TPSA) is 74.5 Å². The van der Waals surface area contributed by atoms with Crippen molar-refractivity contribution in [3.05, 3.63) is 53.7 Å². The highest BCUT2D eigenvalue weighted by molar-refractivity contribution is 5.91. The number of benzene rings is 1. The fourth-order valence-corrected chi connectivity index (χ4v) is 2.28. The number of carbonyl (C=O) groups is 1. The molecule has 130 valence electrons. The van der Waals surface area contributed by atoms with Gasteiger partial charge in [0.25, 0.3) is 0 Å². The number of halogens is 1. The van der Waals surface area contributed by atoms with E-state index in [1.807, 2.05) is 13.8 Å². The highest BCUT2D eigenvalue weighted by Gasteiger charge is 2.27. The molecule has 3 N–H and O–H groups in total. The van der Waals surface area contributed by atoms with Gasteiger partial charge in [0.1, 0.15) is 22.9 Å². The first-order chi connectivity index (χ1) is 11.3. The molecule has 0 spiro atoms. The van der Waals surface area contributed by atoms with Gasteiger partial charge in [-0.05, 0) is 57.2 Å². The van der Waals surface area contributed by atoms with Crippen molar-refractivity contribution in [3.8, 4) is 0 Å². The Morgan fingerprint density at radius 3 is 2.54 bits per heavy atom. The van der Waals surface area contributed by atoms with E-state index >= 15 is 0 Å². The van der Waals surface area contributed by atoms with Crippen LogP contribution in [0.3, 0.4) is 0 Å². The second-order valence-electron chi connectivity index (χ2n) is 6.23. The zero-order chi connectivity index (χ0) is 17.7. The largest absolute Gasteiger partial charge is 0.463 e. The second-order valence-corrected chi connectivity index (χ2v) is 6.23. The average molecular weight is 334 g/mol. The van der Waals surface area contributed by atoms with Crippen LogP contribution >= 0.6 is 0 Å². The van der Waals surface area contributed by atoms with E-state index in [1.54, 1.807) is 19.1 Å². The third-order valence-corrected chi connectivity index (χ3v) is 3.69. The maximum absolute atomic E-state index is 12.8. The number of rotatable bonds is 7. The van der Waals surface area contributed by atoms with E-state index in [4.69, 9.17) is 4.42 Å². The first-order valence-corrected chi connectivity index (χ1v) is 7.84. The molecule has 0 bridgehead atoms. The van der Waals surface area contributed by atoms with E-state index in [1.165, 1.54) is 24.3 Å². The predicted molar refractivity (Wildman–Crippen MR) is 90.1 cm³/mol. The van der Waals surface area contributed by atoms with Crippen molar-refractivity contribution in [2.75, 3.05) is 11.9 Å². The van der Waals surface area contributed by atoms with Crippen molar-refractivity contribution in [2.45, 2.75) is 38.8 Å². The van der Waals surface area contributed by atoms with Crippen LogP contribution in [0, 0.1) is 12.7 Å². The molecule has 2 unspecified atom stereocenters. The molecule has 0 aliphatic carbocycles. The number of hydrogen-bond donors (Lipinski definition) is 3. The molecule has 1 amide bonds. The first kappa shape index (κ1) is 18.2. The summed E-state index contributed by atoms with van der Waals surface area (Å²) in [6.07, 6.45) is 0.227. The molecule has 2 aromatic rings. The summed E-state index contributed by atoms with van der Waals surface area (Å²) in [5, 5.41) is 16.3. The Hall–Kier alpha value is -2.18. The summed E-state index contributed by atoms with van der Waals surface area (Å²) < 4.78 is 18.3. The summed E-state index contributed by atoms with van der Waals surface area (Å²) >= 11 is 0. The minimum Gasteiger partial charge on any atom is -0.463 e. The van der Waals surface area contributed by atoms with Gasteiger partial charge in [-0.1, -0.05) is 0 Å². The quantitative estimate of drug-likeness (QED) is 0.728. The Kier molecular flexibility index (Phi) is 5.75. The third-order valence-electron chi connectivity index (χ3n) is 3.69. The van der Waals surface area contributed by atoms with Crippen LogP contribution in [-0.2, 0) is 10.4 Å². The Bertz CT molecular complexity index is 680. The number of aliphatic hydroxyl groups is 1. The molecule has 1 heterocycles. The van der Waals surface area contributed by atoms with E-state index in [0.717, 1.165) is 5.76 Å². The van der Waals surface area contributed by atoms with Crippen LogP contribution in [0.1, 0.15) is 31.8 Å². The lowest BCUT2D eigenvalue weighted by Gasteiger charge is -2.24. The molecule has 2 atom stereocenters. The molecule has 1 aromatic carbocycles. The summed E-state index contributed by atoms with van der Waals surface area (Å²) in [5.41, 5.74) is -0.609. The van der Waals surface area contributed by atoms with Crippen molar-refractivity contribution in [1.29, 1.82) is 0 Å². The number of aryl methyl sites for hydroxylation is 1. The number of amides is 1. The number of furan rings is 1. The molecule has 0 saturated heterocycles. The monoisotopic (exact) mass is 334 g/mol. The van der Waals surface area contributed by atoms with E-state index in [2.05, 4.69) is 10.6 Å². The minimum absolute atomic E-state index is 0.145. The number of hydrogen-bond acceptors (Lipinski definition) is 4. The van der Waals surface area contributed by atoms with E-state index in [9.17, 15) is 14.3 Å². The zero-order valence-corrected chi connectivity index (χ0v) is 14.1. The molecule has 2 rings (SSSR count). The summed E-state index contributed by atoms with van der Waals surface area (Å²) in [7, 11) is 0. The maximum atomic E-state index is 12.8. The molecule has 0 aliphatic heterocycles. The van der Waals surface area contributed by atoms with E-state index < -0.39 is 5.60 Å². The minimum atomic E-state index is -1.16. The Balaban J connectivity index is 1.81. The van der Waals surface area contributed by atoms with Gasteiger partial charge < -0.3 is 20.2 Å². The summed E-state index contributed by atoms with van der Waals surface area (Å²) in [6, 6.07) is 8.99. The second kappa shape index (κ2) is 7.59. The fourth-order valence-electron chi connectivity index (χ4n) is 2.28. The van der Waals surface area contributed by atoms with Crippen LogP contribution in [0.4, 0.5) is 10.1 Å². The lowest BCUT2D eigenvalue weighted by atomic mass is 10.0. The molecule has 1 aromatic heterocycles. The molecule has 0 radical (unpaired) electrons. The van der Waals surface area contributed by atoms with Crippen LogP contribution in [0.5, 0.6) is 0 Å². The summed E-state index contributed by atoms with van der Waals surface area (Å²) in [5.74, 6) is 0.681. The lowest BCUT2D eigenvalue weighted by Crippen LogP contribution is -2.40. The van der Waals surface area contributed by atoms with Crippen LogP contribution in [-0.4, -0.2) is 23.6 Å². The zero-order valence-electron chi connectivity index (χ0n) is 14.1. The van der Waals surface area contributed by atoms with Gasteiger partial charge >= 0.3 is 0 Å². The molecule has 6 heteroatoms. The van der Waals surface area contributed by atoms with E-state index in [0.29, 0.717) is 11.4 Å². The average Bonchev–Trinajstić information content (AvgIpc) is 2.95. The van der Waals surface area contributed by atoms with Crippen molar-refractivity contribution in [3.63, 3.8) is 0 Å². The SMILES string of the molecule is Cc1ccc(C(C)(O)CNC(C)CC(=O)Nc2ccc(F)cc2)o1. The summed E-state index contributed by atoms with van der Waals surface area (Å²) in [4.78, 5) is 12.0. The molecular weight excluding hydrogens is 311 g/mol.